The Hall–Kier alpha value is -1.19. The van der Waals surface area contributed by atoms with E-state index < -0.39 is 6.17 Å². The smallest absolute Gasteiger partial charge is 0.225 e. The molecule has 1 aliphatic rings. The molecule has 0 aromatic carbocycles. The minimum atomic E-state index is -0.696. The Labute approximate surface area is 63.9 Å². The van der Waals surface area contributed by atoms with E-state index >= 15 is 0 Å². The van der Waals surface area contributed by atoms with Crippen LogP contribution in [0.1, 0.15) is 0 Å². The predicted molar refractivity (Wildman–Crippen MR) is 39.1 cm³/mol. The molecule has 1 aromatic heterocycles. The number of alkyl halides is 1. The van der Waals surface area contributed by atoms with Gasteiger partial charge in [-0.25, -0.2) is 14.4 Å². The lowest BCUT2D eigenvalue weighted by Crippen LogP contribution is -2.49. The van der Waals surface area contributed by atoms with Crippen LogP contribution in [0.15, 0.2) is 18.5 Å². The summed E-state index contributed by atoms with van der Waals surface area (Å²) in [6, 6.07) is 1.75. The van der Waals surface area contributed by atoms with Crippen LogP contribution in [-0.2, 0) is 0 Å². The molecular weight excluding hydrogens is 145 g/mol. The lowest BCUT2D eigenvalue weighted by atomic mass is 10.2. The summed E-state index contributed by atoms with van der Waals surface area (Å²) >= 11 is 0. The second-order valence-electron chi connectivity index (χ2n) is 2.55. The molecule has 4 heteroatoms. The molecule has 0 aliphatic carbocycles. The largest absolute Gasteiger partial charge is 0.335 e. The zero-order chi connectivity index (χ0) is 7.68. The molecule has 2 heterocycles. The molecule has 1 aromatic rings. The molecule has 0 unspecified atom stereocenters. The van der Waals surface area contributed by atoms with Crippen LogP contribution in [0.3, 0.4) is 0 Å². The zero-order valence-corrected chi connectivity index (χ0v) is 5.94. The van der Waals surface area contributed by atoms with Gasteiger partial charge in [0.25, 0.3) is 0 Å². The van der Waals surface area contributed by atoms with Crippen LogP contribution in [0.5, 0.6) is 0 Å². The van der Waals surface area contributed by atoms with Crippen molar-refractivity contribution in [2.75, 3.05) is 18.0 Å². The molecule has 1 fully saturated rings. The van der Waals surface area contributed by atoms with Crippen molar-refractivity contribution in [2.45, 2.75) is 6.17 Å². The summed E-state index contributed by atoms with van der Waals surface area (Å²) in [6.45, 7) is 0.869. The second-order valence-corrected chi connectivity index (χ2v) is 2.55. The van der Waals surface area contributed by atoms with Crippen LogP contribution in [0.25, 0.3) is 0 Å². The number of rotatable bonds is 1. The first-order valence-electron chi connectivity index (χ1n) is 3.52. The molecule has 0 atom stereocenters. The van der Waals surface area contributed by atoms with E-state index in [1.807, 2.05) is 4.90 Å². The van der Waals surface area contributed by atoms with E-state index in [4.69, 9.17) is 0 Å². The number of hydrogen-bond donors (Lipinski definition) is 0. The SMILES string of the molecule is FC1CN(c2ncccn2)C1. The third-order valence-corrected chi connectivity index (χ3v) is 1.67. The number of aromatic nitrogens is 2. The van der Waals surface area contributed by atoms with Crippen molar-refractivity contribution in [3.8, 4) is 0 Å². The maximum absolute atomic E-state index is 12.4. The van der Waals surface area contributed by atoms with Crippen molar-refractivity contribution < 1.29 is 4.39 Å². The lowest BCUT2D eigenvalue weighted by Gasteiger charge is -2.33. The predicted octanol–water partition coefficient (Wildman–Crippen LogP) is 0.635. The van der Waals surface area contributed by atoms with E-state index in [0.29, 0.717) is 19.0 Å². The molecule has 0 radical (unpaired) electrons. The van der Waals surface area contributed by atoms with Gasteiger partial charge in [-0.1, -0.05) is 0 Å². The molecule has 0 N–H and O–H groups in total. The summed E-state index contributed by atoms with van der Waals surface area (Å²) in [5.74, 6) is 0.626. The van der Waals surface area contributed by atoms with Gasteiger partial charge in [-0.3, -0.25) is 0 Å². The fraction of sp³-hybridized carbons (Fsp3) is 0.429. The number of nitrogens with zero attached hydrogens (tertiary/aromatic N) is 3. The molecule has 1 saturated heterocycles. The number of anilines is 1. The standard InChI is InChI=1S/C7H8FN3/c8-6-4-11(5-6)7-9-2-1-3-10-7/h1-3,6H,4-5H2. The van der Waals surface area contributed by atoms with E-state index in [-0.39, 0.29) is 0 Å². The van der Waals surface area contributed by atoms with Gasteiger partial charge in [-0.05, 0) is 6.07 Å². The summed E-state index contributed by atoms with van der Waals surface area (Å²) in [7, 11) is 0. The fourth-order valence-corrected chi connectivity index (χ4v) is 1.04. The van der Waals surface area contributed by atoms with Gasteiger partial charge in [-0.15, -0.1) is 0 Å². The Bertz CT molecular complexity index is 233. The normalized spacial score (nSPS) is 18.1. The third-order valence-electron chi connectivity index (χ3n) is 1.67. The van der Waals surface area contributed by atoms with Crippen LogP contribution in [0, 0.1) is 0 Å². The van der Waals surface area contributed by atoms with Crippen LogP contribution < -0.4 is 4.90 Å². The summed E-state index contributed by atoms with van der Waals surface area (Å²) < 4.78 is 12.4. The molecule has 0 saturated carbocycles. The zero-order valence-electron chi connectivity index (χ0n) is 5.94. The first-order chi connectivity index (χ1) is 5.36. The molecule has 0 amide bonds. The lowest BCUT2D eigenvalue weighted by molar-refractivity contribution is 0.272. The Morgan fingerprint density at radius 2 is 2.00 bits per heavy atom. The Balaban J connectivity index is 2.08. The van der Waals surface area contributed by atoms with Gasteiger partial charge in [0, 0.05) is 12.4 Å². The second kappa shape index (κ2) is 2.45. The van der Waals surface area contributed by atoms with Crippen LogP contribution >= 0.6 is 0 Å². The van der Waals surface area contributed by atoms with Gasteiger partial charge >= 0.3 is 0 Å². The summed E-state index contributed by atoms with van der Waals surface area (Å²) in [5, 5.41) is 0. The van der Waals surface area contributed by atoms with Crippen molar-refractivity contribution in [1.82, 2.24) is 9.97 Å². The highest BCUT2D eigenvalue weighted by Crippen LogP contribution is 2.16. The highest BCUT2D eigenvalue weighted by molar-refractivity contribution is 5.33. The summed E-state index contributed by atoms with van der Waals surface area (Å²) in [5.41, 5.74) is 0. The van der Waals surface area contributed by atoms with E-state index in [0.717, 1.165) is 0 Å². The van der Waals surface area contributed by atoms with E-state index in [1.165, 1.54) is 0 Å². The molecule has 0 bridgehead atoms. The molecule has 58 valence electrons. The molecule has 11 heavy (non-hydrogen) atoms. The molecule has 2 rings (SSSR count). The quantitative estimate of drug-likeness (QED) is 0.592. The maximum atomic E-state index is 12.4. The highest BCUT2D eigenvalue weighted by Gasteiger charge is 2.27. The van der Waals surface area contributed by atoms with Gasteiger partial charge < -0.3 is 4.90 Å². The van der Waals surface area contributed by atoms with Gasteiger partial charge in [0.15, 0.2) is 0 Å². The maximum Gasteiger partial charge on any atom is 0.225 e. The van der Waals surface area contributed by atoms with Crippen molar-refractivity contribution >= 4 is 5.95 Å². The van der Waals surface area contributed by atoms with Gasteiger partial charge in [0.05, 0.1) is 13.1 Å². The first kappa shape index (κ1) is 6.52. The minimum absolute atomic E-state index is 0.435. The van der Waals surface area contributed by atoms with E-state index in [2.05, 4.69) is 9.97 Å². The molecule has 3 nitrogen and oxygen atoms in total. The fourth-order valence-electron chi connectivity index (χ4n) is 1.04. The Kier molecular flexibility index (Phi) is 1.45. The van der Waals surface area contributed by atoms with E-state index in [9.17, 15) is 4.39 Å². The molecule has 1 aliphatic heterocycles. The summed E-state index contributed by atoms with van der Waals surface area (Å²) in [6.07, 6.45) is 2.63. The first-order valence-corrected chi connectivity index (χ1v) is 3.52. The Morgan fingerprint density at radius 1 is 1.36 bits per heavy atom. The van der Waals surface area contributed by atoms with Crippen molar-refractivity contribution in [1.29, 1.82) is 0 Å². The van der Waals surface area contributed by atoms with Crippen LogP contribution in [0.4, 0.5) is 10.3 Å². The minimum Gasteiger partial charge on any atom is -0.335 e. The Morgan fingerprint density at radius 3 is 2.55 bits per heavy atom. The van der Waals surface area contributed by atoms with Gasteiger partial charge in [0.2, 0.25) is 5.95 Å². The monoisotopic (exact) mass is 153 g/mol. The van der Waals surface area contributed by atoms with Gasteiger partial charge in [0.1, 0.15) is 6.17 Å². The van der Waals surface area contributed by atoms with Crippen LogP contribution in [-0.4, -0.2) is 29.2 Å². The average molecular weight is 153 g/mol. The highest BCUT2D eigenvalue weighted by atomic mass is 19.1. The third kappa shape index (κ3) is 1.15. The number of hydrogen-bond acceptors (Lipinski definition) is 3. The van der Waals surface area contributed by atoms with Crippen molar-refractivity contribution in [2.24, 2.45) is 0 Å². The topological polar surface area (TPSA) is 29.0 Å². The number of halogens is 1. The average Bonchev–Trinajstić information content (AvgIpc) is 2.01. The summed E-state index contributed by atoms with van der Waals surface area (Å²) in [4.78, 5) is 9.78. The molecular formula is C7H8FN3. The van der Waals surface area contributed by atoms with Gasteiger partial charge in [-0.2, -0.15) is 0 Å². The van der Waals surface area contributed by atoms with Crippen molar-refractivity contribution in [3.63, 3.8) is 0 Å². The van der Waals surface area contributed by atoms with E-state index in [1.54, 1.807) is 18.5 Å². The van der Waals surface area contributed by atoms with Crippen molar-refractivity contribution in [3.05, 3.63) is 18.5 Å². The molecule has 0 spiro atoms. The van der Waals surface area contributed by atoms with Crippen LogP contribution in [0.2, 0.25) is 0 Å².